The summed E-state index contributed by atoms with van der Waals surface area (Å²) in [6, 6.07) is 10.6. The van der Waals surface area contributed by atoms with Gasteiger partial charge in [-0.3, -0.25) is 4.79 Å². The normalized spacial score (nSPS) is 21.2. The van der Waals surface area contributed by atoms with Crippen LogP contribution in [0.5, 0.6) is 0 Å². The zero-order chi connectivity index (χ0) is 23.9. The van der Waals surface area contributed by atoms with Crippen LogP contribution in [0, 0.1) is 0 Å². The molecule has 34 heavy (non-hydrogen) atoms. The molecule has 0 atom stereocenters. The van der Waals surface area contributed by atoms with Crippen LogP contribution in [0.3, 0.4) is 0 Å². The van der Waals surface area contributed by atoms with E-state index in [1.165, 1.54) is 0 Å². The highest BCUT2D eigenvalue weighted by molar-refractivity contribution is 7.89. The van der Waals surface area contributed by atoms with Crippen LogP contribution in [0.2, 0.25) is 0 Å². The minimum absolute atomic E-state index is 0.0613. The number of carbonyl (C=O) groups excluding carboxylic acids is 1. The predicted molar refractivity (Wildman–Crippen MR) is 131 cm³/mol. The molecule has 5 rings (SSSR count). The van der Waals surface area contributed by atoms with E-state index < -0.39 is 15.6 Å². The van der Waals surface area contributed by atoms with Gasteiger partial charge in [0.05, 0.1) is 10.6 Å². The number of pyridine rings is 1. The molecule has 10 heteroatoms. The van der Waals surface area contributed by atoms with E-state index in [4.69, 9.17) is 9.72 Å². The van der Waals surface area contributed by atoms with E-state index >= 15 is 0 Å². The standard InChI is InChI=1S/C24H31N5O4S/c1-24(2)23(30)26-20-8-9-21(27-22(20)29(24)18-10-14-33-15-11-18)25-17-6-5-7-19(16-17)34(31,32)28-12-3-4-13-28/h5-9,16,18H,3-4,10-15H2,1-2H3,(H,25,27)(H,26,30). The van der Waals surface area contributed by atoms with Gasteiger partial charge in [0, 0.05) is 38.0 Å². The number of hydrogen-bond donors (Lipinski definition) is 2. The maximum absolute atomic E-state index is 13.0. The van der Waals surface area contributed by atoms with Crippen LogP contribution in [0.1, 0.15) is 39.5 Å². The summed E-state index contributed by atoms with van der Waals surface area (Å²) in [6.45, 7) is 6.27. The first-order valence-corrected chi connectivity index (χ1v) is 13.3. The summed E-state index contributed by atoms with van der Waals surface area (Å²) in [6.07, 6.45) is 3.44. The molecule has 2 N–H and O–H groups in total. The van der Waals surface area contributed by atoms with E-state index in [1.807, 2.05) is 26.0 Å². The van der Waals surface area contributed by atoms with Gasteiger partial charge in [-0.15, -0.1) is 0 Å². The van der Waals surface area contributed by atoms with Crippen LogP contribution in [-0.4, -0.2) is 61.5 Å². The number of nitrogens with one attached hydrogen (secondary N) is 2. The Bertz CT molecular complexity index is 1190. The SMILES string of the molecule is CC1(C)C(=O)Nc2ccc(Nc3cccc(S(=O)(=O)N4CCCC4)c3)nc2N1C1CCOCC1. The molecule has 1 amide bonds. The average molecular weight is 486 g/mol. The van der Waals surface area contributed by atoms with Crippen LogP contribution < -0.4 is 15.5 Å². The molecule has 2 aromatic rings. The van der Waals surface area contributed by atoms with Crippen LogP contribution in [0.15, 0.2) is 41.3 Å². The number of anilines is 4. The number of benzene rings is 1. The summed E-state index contributed by atoms with van der Waals surface area (Å²) in [4.78, 5) is 20.1. The molecule has 0 aliphatic carbocycles. The average Bonchev–Trinajstić information content (AvgIpc) is 3.37. The third-order valence-corrected chi connectivity index (χ3v) is 8.77. The highest BCUT2D eigenvalue weighted by Gasteiger charge is 2.44. The van der Waals surface area contributed by atoms with Crippen molar-refractivity contribution < 1.29 is 17.9 Å². The highest BCUT2D eigenvalue weighted by Crippen LogP contribution is 2.40. The van der Waals surface area contributed by atoms with Gasteiger partial charge in [0.1, 0.15) is 11.4 Å². The molecule has 0 bridgehead atoms. The quantitative estimate of drug-likeness (QED) is 0.669. The summed E-state index contributed by atoms with van der Waals surface area (Å²) in [7, 11) is -3.51. The smallest absolute Gasteiger partial charge is 0.249 e. The lowest BCUT2D eigenvalue weighted by atomic mass is 9.93. The Hall–Kier alpha value is -2.69. The zero-order valence-electron chi connectivity index (χ0n) is 19.6. The molecule has 1 aromatic heterocycles. The summed E-state index contributed by atoms with van der Waals surface area (Å²) >= 11 is 0. The summed E-state index contributed by atoms with van der Waals surface area (Å²) in [5.74, 6) is 1.23. The molecule has 2 saturated heterocycles. The lowest BCUT2D eigenvalue weighted by molar-refractivity contribution is -0.120. The van der Waals surface area contributed by atoms with Crippen molar-refractivity contribution in [3.63, 3.8) is 0 Å². The van der Waals surface area contributed by atoms with Gasteiger partial charge in [0.2, 0.25) is 15.9 Å². The van der Waals surface area contributed by atoms with Crippen molar-refractivity contribution in [2.45, 2.75) is 56.0 Å². The number of ether oxygens (including phenoxy) is 1. The lowest BCUT2D eigenvalue weighted by Crippen LogP contribution is -2.61. The molecule has 0 saturated carbocycles. The molecular formula is C24H31N5O4S. The van der Waals surface area contributed by atoms with Gasteiger partial charge >= 0.3 is 0 Å². The number of aromatic nitrogens is 1. The third kappa shape index (κ3) is 4.14. The van der Waals surface area contributed by atoms with Crippen LogP contribution in [0.4, 0.5) is 23.0 Å². The number of fused-ring (bicyclic) bond motifs is 1. The van der Waals surface area contributed by atoms with Gasteiger partial charge in [-0.1, -0.05) is 6.07 Å². The topological polar surface area (TPSA) is 104 Å². The first-order chi connectivity index (χ1) is 16.3. The van der Waals surface area contributed by atoms with E-state index in [9.17, 15) is 13.2 Å². The Morgan fingerprint density at radius 3 is 2.59 bits per heavy atom. The first-order valence-electron chi connectivity index (χ1n) is 11.8. The van der Waals surface area contributed by atoms with Crippen molar-refractivity contribution in [1.82, 2.24) is 9.29 Å². The maximum Gasteiger partial charge on any atom is 0.249 e. The molecule has 4 heterocycles. The van der Waals surface area contributed by atoms with E-state index in [0.717, 1.165) is 25.7 Å². The molecular weight excluding hydrogens is 454 g/mol. The van der Waals surface area contributed by atoms with Crippen molar-refractivity contribution in [1.29, 1.82) is 0 Å². The molecule has 3 aliphatic rings. The van der Waals surface area contributed by atoms with Crippen molar-refractivity contribution in [3.05, 3.63) is 36.4 Å². The van der Waals surface area contributed by atoms with Gasteiger partial charge in [0.25, 0.3) is 0 Å². The van der Waals surface area contributed by atoms with Gasteiger partial charge in [-0.05, 0) is 69.9 Å². The molecule has 182 valence electrons. The van der Waals surface area contributed by atoms with Crippen molar-refractivity contribution in [3.8, 4) is 0 Å². The lowest BCUT2D eigenvalue weighted by Gasteiger charge is -2.48. The van der Waals surface area contributed by atoms with E-state index in [-0.39, 0.29) is 16.8 Å². The van der Waals surface area contributed by atoms with Crippen molar-refractivity contribution >= 4 is 38.9 Å². The summed E-state index contributed by atoms with van der Waals surface area (Å²) < 4.78 is 33.0. The number of carbonyl (C=O) groups is 1. The van der Waals surface area contributed by atoms with Gasteiger partial charge in [-0.2, -0.15) is 4.31 Å². The minimum Gasteiger partial charge on any atom is -0.381 e. The fourth-order valence-electron chi connectivity index (χ4n) is 4.98. The van der Waals surface area contributed by atoms with Crippen LogP contribution in [0.25, 0.3) is 0 Å². The maximum atomic E-state index is 13.0. The monoisotopic (exact) mass is 485 g/mol. The first kappa shape index (κ1) is 23.1. The molecule has 9 nitrogen and oxygen atoms in total. The molecule has 1 aromatic carbocycles. The summed E-state index contributed by atoms with van der Waals surface area (Å²) in [5, 5.41) is 6.24. The Labute approximate surface area is 200 Å². The zero-order valence-corrected chi connectivity index (χ0v) is 20.4. The Balaban J connectivity index is 1.45. The van der Waals surface area contributed by atoms with Gasteiger partial charge in [-0.25, -0.2) is 13.4 Å². The number of nitrogens with zero attached hydrogens (tertiary/aromatic N) is 3. The second-order valence-corrected chi connectivity index (χ2v) is 11.5. The number of sulfonamides is 1. The second kappa shape index (κ2) is 8.83. The van der Waals surface area contributed by atoms with E-state index in [1.54, 1.807) is 28.6 Å². The molecule has 3 aliphatic heterocycles. The fraction of sp³-hybridized carbons (Fsp3) is 0.500. The van der Waals surface area contributed by atoms with Crippen molar-refractivity contribution in [2.24, 2.45) is 0 Å². The Morgan fingerprint density at radius 1 is 1.12 bits per heavy atom. The van der Waals surface area contributed by atoms with Crippen LogP contribution >= 0.6 is 0 Å². The fourth-order valence-corrected chi connectivity index (χ4v) is 6.54. The number of rotatable bonds is 5. The molecule has 0 unspecified atom stereocenters. The van der Waals surface area contributed by atoms with Gasteiger partial charge < -0.3 is 20.3 Å². The number of amides is 1. The molecule has 0 spiro atoms. The van der Waals surface area contributed by atoms with E-state index in [0.29, 0.717) is 49.3 Å². The number of hydrogen-bond acceptors (Lipinski definition) is 7. The minimum atomic E-state index is -3.51. The third-order valence-electron chi connectivity index (χ3n) is 6.87. The van der Waals surface area contributed by atoms with E-state index in [2.05, 4.69) is 15.5 Å². The second-order valence-electron chi connectivity index (χ2n) is 9.56. The summed E-state index contributed by atoms with van der Waals surface area (Å²) in [5.41, 5.74) is 0.556. The van der Waals surface area contributed by atoms with Crippen molar-refractivity contribution in [2.75, 3.05) is 41.8 Å². The molecule has 0 radical (unpaired) electrons. The Morgan fingerprint density at radius 2 is 1.85 bits per heavy atom. The van der Waals surface area contributed by atoms with Gasteiger partial charge in [0.15, 0.2) is 5.82 Å². The Kier molecular flexibility index (Phi) is 5.99. The predicted octanol–water partition coefficient (Wildman–Crippen LogP) is 3.33. The highest BCUT2D eigenvalue weighted by atomic mass is 32.2. The largest absolute Gasteiger partial charge is 0.381 e. The molecule has 2 fully saturated rings. The van der Waals surface area contributed by atoms with Crippen LogP contribution in [-0.2, 0) is 19.6 Å².